The average Bonchev–Trinajstić information content (AvgIpc) is 1.61. The lowest BCUT2D eigenvalue weighted by Crippen LogP contribution is -2.00. The first-order valence-corrected chi connectivity index (χ1v) is 3.21. The summed E-state index contributed by atoms with van der Waals surface area (Å²) in [6.45, 7) is 0. The van der Waals surface area contributed by atoms with Crippen LogP contribution in [0.1, 0.15) is 0 Å². The van der Waals surface area contributed by atoms with Gasteiger partial charge in [0, 0.05) is 20.1 Å². The van der Waals surface area contributed by atoms with Crippen molar-refractivity contribution in [1.29, 1.82) is 0 Å². The summed E-state index contributed by atoms with van der Waals surface area (Å²) in [6, 6.07) is 2.84. The van der Waals surface area contributed by atoms with Crippen LogP contribution in [0, 0.1) is 11.3 Å². The van der Waals surface area contributed by atoms with E-state index in [-0.39, 0.29) is 0 Å². The maximum absolute atomic E-state index is 2.84. The van der Waals surface area contributed by atoms with Crippen LogP contribution in [-0.2, 0) is 0 Å². The van der Waals surface area contributed by atoms with Crippen molar-refractivity contribution in [3.63, 3.8) is 0 Å². The Morgan fingerprint density at radius 2 is 2.00 bits per heavy atom. The fourth-order valence-electron chi connectivity index (χ4n) is 0.137. The first kappa shape index (κ1) is 6.71. The molecule has 0 unspecified atom stereocenters. The summed E-state index contributed by atoms with van der Waals surface area (Å²) in [6.07, 6.45) is 1.95. The van der Waals surface area contributed by atoms with E-state index in [1.165, 1.54) is 11.8 Å². The average molecular weight is 115 g/mol. The van der Waals surface area contributed by atoms with Crippen molar-refractivity contribution in [2.75, 3.05) is 20.4 Å². The fourth-order valence-corrected chi connectivity index (χ4v) is 0.411. The van der Waals surface area contributed by atoms with E-state index in [0.29, 0.717) is 0 Å². The third-order valence-corrected chi connectivity index (χ3v) is 0.667. The minimum absolute atomic E-state index is 1.53. The van der Waals surface area contributed by atoms with E-state index in [1.54, 1.807) is 0 Å². The first-order valence-electron chi connectivity index (χ1n) is 1.98. The Balaban J connectivity index is 3.24. The van der Waals surface area contributed by atoms with Crippen molar-refractivity contribution in [1.82, 2.24) is 4.90 Å². The molecule has 0 aromatic heterocycles. The fraction of sp³-hybridized carbons (Fsp3) is 0.600. The molecule has 0 aromatic carbocycles. The molecule has 0 rings (SSSR count). The Bertz CT molecular complexity index is 88.0. The Labute approximate surface area is 49.1 Å². The molecular formula is C5H9NS. The quantitative estimate of drug-likeness (QED) is 0.340. The molecule has 1 nitrogen and oxygen atoms in total. The smallest absolute Gasteiger partial charge is 0.0188 e. The monoisotopic (exact) mass is 115 g/mol. The summed E-state index contributed by atoms with van der Waals surface area (Å²) < 4.78 is 0. The van der Waals surface area contributed by atoms with Gasteiger partial charge in [-0.2, -0.15) is 0 Å². The zero-order valence-electron chi connectivity index (χ0n) is 4.86. The van der Waals surface area contributed by atoms with Crippen LogP contribution in [-0.4, -0.2) is 25.3 Å². The minimum atomic E-state index is 1.53. The van der Waals surface area contributed by atoms with Crippen molar-refractivity contribution >= 4 is 11.8 Å². The molecule has 0 N–H and O–H groups in total. The van der Waals surface area contributed by atoms with Gasteiger partial charge in [-0.05, 0) is 11.5 Å². The van der Waals surface area contributed by atoms with Gasteiger partial charge in [0.15, 0.2) is 0 Å². The summed E-state index contributed by atoms with van der Waals surface area (Å²) in [5, 5.41) is 2.84. The zero-order valence-corrected chi connectivity index (χ0v) is 5.67. The van der Waals surface area contributed by atoms with Gasteiger partial charge in [-0.25, -0.2) is 0 Å². The van der Waals surface area contributed by atoms with E-state index in [0.717, 1.165) is 0 Å². The van der Waals surface area contributed by atoms with Gasteiger partial charge in [-0.1, -0.05) is 11.8 Å². The molecule has 0 aliphatic carbocycles. The number of thioether (sulfide) groups is 1. The molecule has 0 saturated carbocycles. The molecule has 0 spiro atoms. The second-order valence-corrected chi connectivity index (χ2v) is 1.92. The molecule has 0 heterocycles. The largest absolute Gasteiger partial charge is 0.338 e. The molecule has 0 bridgehead atoms. The van der Waals surface area contributed by atoms with Gasteiger partial charge in [0.1, 0.15) is 0 Å². The maximum atomic E-state index is 2.84. The standard InChI is InChI=1S/C5H9NS/c1-6(2)4-5-7-3/h1-3H3. The molecule has 7 heavy (non-hydrogen) atoms. The third kappa shape index (κ3) is 5.71. The molecule has 0 saturated heterocycles. The van der Waals surface area contributed by atoms with E-state index in [2.05, 4.69) is 11.3 Å². The highest BCUT2D eigenvalue weighted by Crippen LogP contribution is 1.82. The zero-order chi connectivity index (χ0) is 5.70. The van der Waals surface area contributed by atoms with Crippen LogP contribution in [0.3, 0.4) is 0 Å². The molecule has 2 heteroatoms. The molecule has 0 atom stereocenters. The van der Waals surface area contributed by atoms with Crippen LogP contribution < -0.4 is 0 Å². The summed E-state index contributed by atoms with van der Waals surface area (Å²) in [5.41, 5.74) is 0. The number of hydrogen-bond acceptors (Lipinski definition) is 2. The lowest BCUT2D eigenvalue weighted by Gasteiger charge is -1.95. The minimum Gasteiger partial charge on any atom is -0.338 e. The van der Waals surface area contributed by atoms with Gasteiger partial charge in [0.05, 0.1) is 0 Å². The molecular weight excluding hydrogens is 106 g/mol. The second-order valence-electron chi connectivity index (χ2n) is 1.31. The Kier molecular flexibility index (Phi) is 3.72. The Morgan fingerprint density at radius 3 is 2.14 bits per heavy atom. The van der Waals surface area contributed by atoms with E-state index in [4.69, 9.17) is 0 Å². The Hall–Kier alpha value is -0.290. The van der Waals surface area contributed by atoms with Gasteiger partial charge in [-0.3, -0.25) is 0 Å². The van der Waals surface area contributed by atoms with Gasteiger partial charge in [0.25, 0.3) is 0 Å². The summed E-state index contributed by atoms with van der Waals surface area (Å²) in [5.74, 6) is 0. The van der Waals surface area contributed by atoms with Gasteiger partial charge < -0.3 is 4.90 Å². The molecule has 40 valence electrons. The van der Waals surface area contributed by atoms with Crippen LogP contribution in [0.4, 0.5) is 0 Å². The van der Waals surface area contributed by atoms with E-state index in [1.807, 2.05) is 25.3 Å². The van der Waals surface area contributed by atoms with Crippen LogP contribution >= 0.6 is 11.8 Å². The molecule has 0 amide bonds. The van der Waals surface area contributed by atoms with Crippen molar-refractivity contribution in [2.45, 2.75) is 0 Å². The number of hydrogen-bond donors (Lipinski definition) is 0. The van der Waals surface area contributed by atoms with Crippen molar-refractivity contribution < 1.29 is 0 Å². The number of rotatable bonds is 0. The highest BCUT2D eigenvalue weighted by atomic mass is 32.2. The van der Waals surface area contributed by atoms with Crippen LogP contribution in [0.25, 0.3) is 0 Å². The first-order chi connectivity index (χ1) is 3.27. The maximum Gasteiger partial charge on any atom is 0.0188 e. The lowest BCUT2D eigenvalue weighted by molar-refractivity contribution is 0.598. The van der Waals surface area contributed by atoms with Crippen molar-refractivity contribution in [2.24, 2.45) is 0 Å². The Morgan fingerprint density at radius 1 is 1.43 bits per heavy atom. The highest BCUT2D eigenvalue weighted by Gasteiger charge is 1.68. The van der Waals surface area contributed by atoms with Crippen molar-refractivity contribution in [3.8, 4) is 11.3 Å². The van der Waals surface area contributed by atoms with Crippen LogP contribution in [0.5, 0.6) is 0 Å². The molecule has 0 aliphatic rings. The normalized spacial score (nSPS) is 6.71. The summed E-state index contributed by atoms with van der Waals surface area (Å²) >= 11 is 1.53. The predicted octanol–water partition coefficient (Wildman–Crippen LogP) is 0.829. The predicted molar refractivity (Wildman–Crippen MR) is 35.0 cm³/mol. The molecule has 0 aliphatic heterocycles. The van der Waals surface area contributed by atoms with Crippen LogP contribution in [0.15, 0.2) is 0 Å². The second kappa shape index (κ2) is 3.89. The van der Waals surface area contributed by atoms with Gasteiger partial charge in [-0.15, -0.1) is 0 Å². The van der Waals surface area contributed by atoms with E-state index < -0.39 is 0 Å². The van der Waals surface area contributed by atoms with Crippen LogP contribution in [0.2, 0.25) is 0 Å². The summed E-state index contributed by atoms with van der Waals surface area (Å²) in [4.78, 5) is 1.83. The van der Waals surface area contributed by atoms with Crippen molar-refractivity contribution in [3.05, 3.63) is 0 Å². The molecule has 0 aromatic rings. The summed E-state index contributed by atoms with van der Waals surface area (Å²) in [7, 11) is 3.84. The highest BCUT2D eigenvalue weighted by molar-refractivity contribution is 8.03. The third-order valence-electron chi connectivity index (χ3n) is 0.371. The molecule has 0 fully saturated rings. The van der Waals surface area contributed by atoms with Gasteiger partial charge >= 0.3 is 0 Å². The topological polar surface area (TPSA) is 3.24 Å². The number of nitrogens with zero attached hydrogens (tertiary/aromatic N) is 1. The lowest BCUT2D eigenvalue weighted by atomic mass is 10.9. The molecule has 0 radical (unpaired) electrons. The SMILES string of the molecule is CSC#CN(C)C. The van der Waals surface area contributed by atoms with Gasteiger partial charge in [0.2, 0.25) is 0 Å². The van der Waals surface area contributed by atoms with E-state index >= 15 is 0 Å². The van der Waals surface area contributed by atoms with E-state index in [9.17, 15) is 0 Å².